The van der Waals surface area contributed by atoms with E-state index in [9.17, 15) is 0 Å². The second kappa shape index (κ2) is 19.9. The van der Waals surface area contributed by atoms with Crippen molar-refractivity contribution in [3.63, 3.8) is 0 Å². The zero-order chi connectivity index (χ0) is 61.0. The molecular weight excluding hydrogens is 1150 g/mol. The van der Waals surface area contributed by atoms with Gasteiger partial charge in [0.05, 0.1) is 5.41 Å². The van der Waals surface area contributed by atoms with E-state index in [1.165, 1.54) is 174 Å². The molecule has 93 heavy (non-hydrogen) atoms. The zero-order valence-corrected chi connectivity index (χ0v) is 53.0. The zero-order valence-electron chi connectivity index (χ0n) is 51.0. The van der Waals surface area contributed by atoms with Crippen LogP contribution in [0, 0.1) is 0 Å². The molecule has 430 valence electrons. The van der Waals surface area contributed by atoms with Crippen molar-refractivity contribution in [3.05, 3.63) is 374 Å². The first-order chi connectivity index (χ1) is 46.2. The van der Waals surface area contributed by atoms with Crippen molar-refractivity contribution in [3.8, 4) is 77.9 Å². The van der Waals surface area contributed by atoms with Gasteiger partial charge in [0.25, 0.3) is 0 Å². The van der Waals surface area contributed by atoms with Crippen LogP contribution in [0.3, 0.4) is 0 Å². The summed E-state index contributed by atoms with van der Waals surface area (Å²) in [6.45, 7) is 0. The molecule has 0 unspecified atom stereocenters. The molecule has 1 spiro atoms. The Hall–Kier alpha value is -11.3. The van der Waals surface area contributed by atoms with E-state index in [-0.39, 0.29) is 0 Å². The van der Waals surface area contributed by atoms with Crippen molar-refractivity contribution < 1.29 is 0 Å². The average Bonchev–Trinajstić information content (AvgIpc) is 1.52. The quantitative estimate of drug-likeness (QED) is 0.110. The summed E-state index contributed by atoms with van der Waals surface area (Å²) in [7, 11) is -5.71. The van der Waals surface area contributed by atoms with Gasteiger partial charge < -0.3 is 0 Å². The highest BCUT2D eigenvalue weighted by atomic mass is 28.3. The lowest BCUT2D eigenvalue weighted by Gasteiger charge is -2.33. The minimum absolute atomic E-state index is 0.623. The Morgan fingerprint density at radius 1 is 0.183 bits per heavy atom. The number of hydrogen-bond donors (Lipinski definition) is 0. The Kier molecular flexibility index (Phi) is 11.2. The van der Waals surface area contributed by atoms with Crippen LogP contribution in [0.5, 0.6) is 0 Å². The second-order valence-electron chi connectivity index (χ2n) is 25.8. The van der Waals surface area contributed by atoms with Gasteiger partial charge in [-0.25, -0.2) is 0 Å². The first-order valence-corrected chi connectivity index (χ1v) is 36.7. The minimum Gasteiger partial charge on any atom is -0.0623 e. The molecule has 2 heteroatoms. The molecule has 4 aliphatic rings. The molecule has 0 saturated carbocycles. The molecule has 0 N–H and O–H groups in total. The molecule has 0 atom stereocenters. The van der Waals surface area contributed by atoms with Gasteiger partial charge in [0.2, 0.25) is 0 Å². The van der Waals surface area contributed by atoms with Crippen LogP contribution in [-0.4, -0.2) is 16.1 Å². The van der Waals surface area contributed by atoms with Gasteiger partial charge in [0.1, 0.15) is 0 Å². The van der Waals surface area contributed by atoms with Gasteiger partial charge in [-0.05, 0) is 180 Å². The van der Waals surface area contributed by atoms with Gasteiger partial charge in [-0.3, -0.25) is 0 Å². The van der Waals surface area contributed by atoms with Crippen LogP contribution >= 0.6 is 0 Å². The lowest BCUT2D eigenvalue weighted by molar-refractivity contribution is 0.796. The van der Waals surface area contributed by atoms with Crippen LogP contribution in [-0.2, 0) is 5.41 Å². The fourth-order valence-corrected chi connectivity index (χ4v) is 28.9. The summed E-state index contributed by atoms with van der Waals surface area (Å²) < 4.78 is 0. The molecule has 16 aromatic carbocycles. The molecule has 0 bridgehead atoms. The van der Waals surface area contributed by atoms with Gasteiger partial charge in [0.15, 0.2) is 16.1 Å². The molecule has 2 aliphatic carbocycles. The summed E-state index contributed by atoms with van der Waals surface area (Å²) in [5.74, 6) is 0. The van der Waals surface area contributed by atoms with Crippen molar-refractivity contribution in [1.29, 1.82) is 0 Å². The van der Waals surface area contributed by atoms with Gasteiger partial charge in [-0.1, -0.05) is 346 Å². The molecule has 20 rings (SSSR count). The molecule has 0 nitrogen and oxygen atoms in total. The Morgan fingerprint density at radius 3 is 1.02 bits per heavy atom. The van der Waals surface area contributed by atoms with Crippen molar-refractivity contribution in [2.24, 2.45) is 0 Å². The highest BCUT2D eigenvalue weighted by Gasteiger charge is 2.55. The third-order valence-electron chi connectivity index (χ3n) is 21.8. The molecule has 0 radical (unpaired) electrons. The molecule has 2 heterocycles. The fraction of sp³-hybridized carbons (Fsp3) is 0.0110. The largest absolute Gasteiger partial charge is 0.180 e. The first-order valence-electron chi connectivity index (χ1n) is 32.7. The average molecular weight is 1210 g/mol. The van der Waals surface area contributed by atoms with Crippen molar-refractivity contribution in [1.82, 2.24) is 0 Å². The predicted octanol–water partition coefficient (Wildman–Crippen LogP) is 17.2. The van der Waals surface area contributed by atoms with E-state index in [0.29, 0.717) is 0 Å². The summed E-state index contributed by atoms with van der Waals surface area (Å²) in [4.78, 5) is 0. The first kappa shape index (κ1) is 52.5. The van der Waals surface area contributed by atoms with Gasteiger partial charge in [0, 0.05) is 0 Å². The van der Waals surface area contributed by atoms with E-state index in [1.54, 1.807) is 0 Å². The summed E-state index contributed by atoms with van der Waals surface area (Å²) in [5.41, 5.74) is 22.8. The maximum Gasteiger partial charge on any atom is 0.180 e. The second-order valence-corrected chi connectivity index (χ2v) is 33.3. The number of hydrogen-bond acceptors (Lipinski definition) is 0. The molecule has 0 amide bonds. The lowest BCUT2D eigenvalue weighted by Crippen LogP contribution is -2.72. The van der Waals surface area contributed by atoms with E-state index in [1.807, 2.05) is 0 Å². The highest BCUT2D eigenvalue weighted by Crippen LogP contribution is 2.66. The standard InChI is InChI=1S/C91H58Si2/c1-5-29-60(30-6-1)92(61-31-7-2-8-32-61)82-52-21-17-40-73(82)88-69(46-26-54-84(88)92)65-42-23-44-71-77(65)58-78-66(70-47-27-55-85-89(70)74-41-18-22-53-83(74)93(85,62-33-9-3-10-34-62)63-35-11-4-12-36-63)43-24-45-72(78)86(71)75-48-25-49-76-87-64-37-14-13-28-59(64)56-57-81(87)91(90(75)76)79-50-19-15-38-67(79)68-39-16-20-51-80(68)91/h1-58H. The summed E-state index contributed by atoms with van der Waals surface area (Å²) in [6.07, 6.45) is 0. The van der Waals surface area contributed by atoms with E-state index < -0.39 is 21.6 Å². The smallest absolute Gasteiger partial charge is 0.0623 e. The predicted molar refractivity (Wildman–Crippen MR) is 397 cm³/mol. The Balaban J connectivity index is 0.941. The highest BCUT2D eigenvalue weighted by molar-refractivity contribution is 7.23. The number of rotatable bonds is 7. The monoisotopic (exact) mass is 1210 g/mol. The van der Waals surface area contributed by atoms with Crippen LogP contribution in [0.15, 0.2) is 352 Å². The van der Waals surface area contributed by atoms with E-state index in [4.69, 9.17) is 0 Å². The number of fused-ring (bicyclic) bond motifs is 20. The SMILES string of the molecule is c1ccc([Si]2(c3ccccc3)c3ccccc3-c3c(-c4cccc5c(-c6cccc7c6C6(c8ccccc8-c8ccccc86)c6ccc8ccccc8c6-7)c6cccc(-c7cccc8c7-c7ccccc7[Si]8(c7ccccc7)c7ccccc7)c6cc45)cccc32)cc1. The van der Waals surface area contributed by atoms with Gasteiger partial charge in [-0.2, -0.15) is 0 Å². The fourth-order valence-electron chi connectivity index (χ4n) is 18.5. The van der Waals surface area contributed by atoms with Crippen LogP contribution in [0.2, 0.25) is 0 Å². The maximum absolute atomic E-state index is 2.85. The molecule has 16 aromatic rings. The molecule has 0 aromatic heterocycles. The topological polar surface area (TPSA) is 0 Å². The van der Waals surface area contributed by atoms with E-state index >= 15 is 0 Å². The summed E-state index contributed by atoms with van der Waals surface area (Å²) in [6, 6.07) is 136. The number of benzene rings is 16. The minimum atomic E-state index is -2.85. The Labute approximate surface area is 543 Å². The summed E-state index contributed by atoms with van der Waals surface area (Å²) in [5, 5.41) is 18.8. The Bertz CT molecular complexity index is 5440. The maximum atomic E-state index is 2.61. The third-order valence-corrected chi connectivity index (χ3v) is 31.6. The van der Waals surface area contributed by atoms with Crippen LogP contribution in [0.1, 0.15) is 22.3 Å². The molecule has 0 saturated heterocycles. The molecule has 0 fully saturated rings. The molecular formula is C91H58Si2. The van der Waals surface area contributed by atoms with Gasteiger partial charge >= 0.3 is 0 Å². The van der Waals surface area contributed by atoms with Crippen LogP contribution in [0.4, 0.5) is 0 Å². The summed E-state index contributed by atoms with van der Waals surface area (Å²) >= 11 is 0. The van der Waals surface area contributed by atoms with Crippen molar-refractivity contribution in [2.75, 3.05) is 0 Å². The van der Waals surface area contributed by atoms with Crippen LogP contribution < -0.4 is 41.5 Å². The van der Waals surface area contributed by atoms with E-state index in [2.05, 4.69) is 352 Å². The van der Waals surface area contributed by atoms with Crippen molar-refractivity contribution >= 4 is 90.0 Å². The van der Waals surface area contributed by atoms with Crippen molar-refractivity contribution in [2.45, 2.75) is 5.41 Å². The normalized spacial score (nSPS) is 14.3. The van der Waals surface area contributed by atoms with Crippen LogP contribution in [0.25, 0.3) is 110 Å². The lowest BCUT2D eigenvalue weighted by atomic mass is 9.68. The van der Waals surface area contributed by atoms with E-state index in [0.717, 1.165) is 0 Å². The van der Waals surface area contributed by atoms with Gasteiger partial charge in [-0.15, -0.1) is 0 Å². The third kappa shape index (κ3) is 6.83. The molecule has 2 aliphatic heterocycles. The Morgan fingerprint density at radius 2 is 0.527 bits per heavy atom.